The van der Waals surface area contributed by atoms with Crippen molar-refractivity contribution in [3.63, 3.8) is 0 Å². The van der Waals surface area contributed by atoms with Crippen LogP contribution in [0.15, 0.2) is 34.9 Å². The monoisotopic (exact) mass is 262 g/mol. The average Bonchev–Trinajstić information content (AvgIpc) is 2.25. The van der Waals surface area contributed by atoms with Gasteiger partial charge in [-0.05, 0) is 38.2 Å². The van der Waals surface area contributed by atoms with E-state index in [1.54, 1.807) is 0 Å². The molecular weight excluding hydrogens is 236 g/mol. The second-order valence-electron chi connectivity index (χ2n) is 6.08. The predicted molar refractivity (Wildman–Crippen MR) is 79.8 cm³/mol. The van der Waals surface area contributed by atoms with Crippen LogP contribution < -0.4 is 0 Å². The molecule has 1 atom stereocenters. The van der Waals surface area contributed by atoms with Gasteiger partial charge in [0.1, 0.15) is 6.10 Å². The summed E-state index contributed by atoms with van der Waals surface area (Å²) in [6.45, 7) is 12.2. The highest BCUT2D eigenvalue weighted by Gasteiger charge is 2.33. The molecule has 2 heteroatoms. The average molecular weight is 262 g/mol. The maximum Gasteiger partial charge on any atom is 0.302 e. The largest absolute Gasteiger partial charge is 0.462 e. The second-order valence-corrected chi connectivity index (χ2v) is 6.08. The van der Waals surface area contributed by atoms with Crippen molar-refractivity contribution in [2.45, 2.75) is 60.5 Å². The Kier molecular flexibility index (Phi) is 5.16. The van der Waals surface area contributed by atoms with E-state index in [4.69, 9.17) is 4.74 Å². The van der Waals surface area contributed by atoms with Gasteiger partial charge < -0.3 is 4.74 Å². The molecule has 1 aliphatic rings. The molecule has 0 aromatic rings. The van der Waals surface area contributed by atoms with Gasteiger partial charge in [0.15, 0.2) is 0 Å². The van der Waals surface area contributed by atoms with E-state index in [1.165, 1.54) is 23.6 Å². The lowest BCUT2D eigenvalue weighted by atomic mass is 9.71. The highest BCUT2D eigenvalue weighted by Crippen LogP contribution is 2.42. The normalized spacial score (nSPS) is 23.9. The van der Waals surface area contributed by atoms with Crippen LogP contribution in [0, 0.1) is 5.41 Å². The Morgan fingerprint density at radius 1 is 1.37 bits per heavy atom. The van der Waals surface area contributed by atoms with Gasteiger partial charge in [0.25, 0.3) is 0 Å². The molecule has 1 rings (SSSR count). The maximum absolute atomic E-state index is 11.1. The van der Waals surface area contributed by atoms with Gasteiger partial charge in [0.2, 0.25) is 0 Å². The molecule has 0 fully saturated rings. The van der Waals surface area contributed by atoms with Crippen LogP contribution in [0.3, 0.4) is 0 Å². The molecule has 0 saturated heterocycles. The number of esters is 1. The van der Waals surface area contributed by atoms with Crippen LogP contribution in [0.2, 0.25) is 0 Å². The first-order valence-corrected chi connectivity index (χ1v) is 6.94. The summed E-state index contributed by atoms with van der Waals surface area (Å²) >= 11 is 0. The Morgan fingerprint density at radius 3 is 2.47 bits per heavy atom. The molecule has 0 amide bonds. The third kappa shape index (κ3) is 4.38. The summed E-state index contributed by atoms with van der Waals surface area (Å²) in [5.74, 6) is -0.183. The summed E-state index contributed by atoms with van der Waals surface area (Å²) in [6.07, 6.45) is 8.23. The van der Waals surface area contributed by atoms with E-state index in [9.17, 15) is 4.79 Å². The van der Waals surface area contributed by atoms with Crippen molar-refractivity contribution in [2.75, 3.05) is 0 Å². The number of ether oxygens (including phenoxy) is 1. The SMILES string of the molecule is C/C=C(C)/C=C/C1=C(C)CC(OC(C)=O)CC1(C)C. The van der Waals surface area contributed by atoms with Gasteiger partial charge in [-0.2, -0.15) is 0 Å². The standard InChI is InChI=1S/C17H26O2/c1-7-12(2)8-9-16-13(3)10-15(19-14(4)18)11-17(16,5)6/h7-9,15H,10-11H2,1-6H3/b9-8+,12-7+. The predicted octanol–water partition coefficient (Wildman–Crippen LogP) is 4.58. The Labute approximate surface area is 117 Å². The van der Waals surface area contributed by atoms with Crippen LogP contribution in [0.25, 0.3) is 0 Å². The van der Waals surface area contributed by atoms with Crippen LogP contribution in [0.5, 0.6) is 0 Å². The molecule has 0 heterocycles. The van der Waals surface area contributed by atoms with Gasteiger partial charge in [-0.3, -0.25) is 4.79 Å². The summed E-state index contributed by atoms with van der Waals surface area (Å²) in [6, 6.07) is 0. The number of allylic oxidation sites excluding steroid dienone is 5. The minimum Gasteiger partial charge on any atom is -0.462 e. The summed E-state index contributed by atoms with van der Waals surface area (Å²) in [5, 5.41) is 0. The van der Waals surface area contributed by atoms with Crippen molar-refractivity contribution in [3.8, 4) is 0 Å². The molecule has 0 aromatic heterocycles. The molecule has 1 unspecified atom stereocenters. The molecule has 1 aliphatic carbocycles. The molecule has 106 valence electrons. The first kappa shape index (κ1) is 15.7. The van der Waals surface area contributed by atoms with Crippen LogP contribution in [-0.4, -0.2) is 12.1 Å². The van der Waals surface area contributed by atoms with Gasteiger partial charge >= 0.3 is 5.97 Å². The molecule has 2 nitrogen and oxygen atoms in total. The molecular formula is C17H26O2. The van der Waals surface area contributed by atoms with E-state index in [-0.39, 0.29) is 17.5 Å². The lowest BCUT2D eigenvalue weighted by Crippen LogP contribution is -2.31. The smallest absolute Gasteiger partial charge is 0.302 e. The van der Waals surface area contributed by atoms with Crippen LogP contribution in [0.1, 0.15) is 54.4 Å². The first-order chi connectivity index (χ1) is 8.76. The van der Waals surface area contributed by atoms with E-state index in [2.05, 4.69) is 45.9 Å². The number of carbonyl (C=O) groups excluding carboxylic acids is 1. The fraction of sp³-hybridized carbons (Fsp3) is 0.588. The third-order valence-corrected chi connectivity index (χ3v) is 3.76. The fourth-order valence-electron chi connectivity index (χ4n) is 2.78. The molecule has 0 spiro atoms. The van der Waals surface area contributed by atoms with Gasteiger partial charge in [-0.15, -0.1) is 0 Å². The summed E-state index contributed by atoms with van der Waals surface area (Å²) < 4.78 is 5.38. The van der Waals surface area contributed by atoms with E-state index >= 15 is 0 Å². The van der Waals surface area contributed by atoms with Crippen molar-refractivity contribution < 1.29 is 9.53 Å². The van der Waals surface area contributed by atoms with Crippen molar-refractivity contribution in [1.29, 1.82) is 0 Å². The van der Waals surface area contributed by atoms with Crippen LogP contribution >= 0.6 is 0 Å². The topological polar surface area (TPSA) is 26.3 Å². The van der Waals surface area contributed by atoms with Crippen molar-refractivity contribution in [3.05, 3.63) is 34.9 Å². The third-order valence-electron chi connectivity index (χ3n) is 3.76. The quantitative estimate of drug-likeness (QED) is 0.550. The Bertz CT molecular complexity index is 436. The van der Waals surface area contributed by atoms with Crippen molar-refractivity contribution in [1.82, 2.24) is 0 Å². The fourth-order valence-corrected chi connectivity index (χ4v) is 2.78. The number of hydrogen-bond donors (Lipinski definition) is 0. The zero-order chi connectivity index (χ0) is 14.6. The summed E-state index contributed by atoms with van der Waals surface area (Å²) in [7, 11) is 0. The molecule has 0 aromatic carbocycles. The second kappa shape index (κ2) is 6.23. The van der Waals surface area contributed by atoms with Crippen molar-refractivity contribution >= 4 is 5.97 Å². The highest BCUT2D eigenvalue weighted by molar-refractivity contribution is 5.66. The summed E-state index contributed by atoms with van der Waals surface area (Å²) in [4.78, 5) is 11.1. The van der Waals surface area contributed by atoms with E-state index in [0.29, 0.717) is 0 Å². The zero-order valence-corrected chi connectivity index (χ0v) is 13.0. The number of rotatable bonds is 3. The highest BCUT2D eigenvalue weighted by atomic mass is 16.5. The lowest BCUT2D eigenvalue weighted by molar-refractivity contribution is -0.147. The lowest BCUT2D eigenvalue weighted by Gasteiger charge is -2.37. The minimum atomic E-state index is -0.183. The number of carbonyl (C=O) groups is 1. The van der Waals surface area contributed by atoms with Gasteiger partial charge in [0, 0.05) is 13.3 Å². The Hall–Kier alpha value is -1.31. The van der Waals surface area contributed by atoms with Crippen LogP contribution in [0.4, 0.5) is 0 Å². The molecule has 0 radical (unpaired) electrons. The minimum absolute atomic E-state index is 0.0208. The van der Waals surface area contributed by atoms with E-state index in [1.807, 2.05) is 6.92 Å². The maximum atomic E-state index is 11.1. The van der Waals surface area contributed by atoms with E-state index < -0.39 is 0 Å². The zero-order valence-electron chi connectivity index (χ0n) is 13.0. The van der Waals surface area contributed by atoms with E-state index in [0.717, 1.165) is 12.8 Å². The first-order valence-electron chi connectivity index (χ1n) is 6.94. The summed E-state index contributed by atoms with van der Waals surface area (Å²) in [5.41, 5.74) is 4.01. The molecule has 0 bridgehead atoms. The van der Waals surface area contributed by atoms with Gasteiger partial charge in [-0.25, -0.2) is 0 Å². The van der Waals surface area contributed by atoms with Gasteiger partial charge in [0.05, 0.1) is 0 Å². The molecule has 0 N–H and O–H groups in total. The van der Waals surface area contributed by atoms with Crippen LogP contribution in [-0.2, 0) is 9.53 Å². The Balaban J connectivity index is 2.97. The molecule has 0 aliphatic heterocycles. The Morgan fingerprint density at radius 2 is 2.00 bits per heavy atom. The van der Waals surface area contributed by atoms with Gasteiger partial charge in [-0.1, -0.05) is 43.2 Å². The van der Waals surface area contributed by atoms with Crippen molar-refractivity contribution in [2.24, 2.45) is 5.41 Å². The number of hydrogen-bond acceptors (Lipinski definition) is 2. The molecule has 0 saturated carbocycles. The molecule has 19 heavy (non-hydrogen) atoms.